The Balaban J connectivity index is 1.98. The van der Waals surface area contributed by atoms with E-state index in [-0.39, 0.29) is 0 Å². The molecule has 0 amide bonds. The maximum Gasteiger partial charge on any atom is 0.0622 e. The van der Waals surface area contributed by atoms with Gasteiger partial charge in [0.2, 0.25) is 0 Å². The van der Waals surface area contributed by atoms with Crippen molar-refractivity contribution in [3.63, 3.8) is 0 Å². The van der Waals surface area contributed by atoms with Crippen molar-refractivity contribution in [1.82, 2.24) is 4.90 Å². The molecule has 11 heavy (non-hydrogen) atoms. The van der Waals surface area contributed by atoms with Gasteiger partial charge in [0.1, 0.15) is 0 Å². The number of rotatable bonds is 1. The smallest absolute Gasteiger partial charge is 0.0622 e. The Labute approximate surface area is 66.9 Å². The zero-order valence-corrected chi connectivity index (χ0v) is 6.70. The van der Waals surface area contributed by atoms with Crippen LogP contribution in [0.4, 0.5) is 0 Å². The molecule has 0 radical (unpaired) electrons. The van der Waals surface area contributed by atoms with Crippen LogP contribution in [-0.2, 0) is 4.74 Å². The molecule has 0 spiro atoms. The fourth-order valence-corrected chi connectivity index (χ4v) is 2.14. The van der Waals surface area contributed by atoms with Gasteiger partial charge in [-0.15, -0.1) is 0 Å². The van der Waals surface area contributed by atoms with Crippen LogP contribution in [0.2, 0.25) is 0 Å². The molecular formula is C8H15NO2. The summed E-state index contributed by atoms with van der Waals surface area (Å²) in [5.74, 6) is 0. The predicted molar refractivity (Wildman–Crippen MR) is 41.4 cm³/mol. The topological polar surface area (TPSA) is 32.7 Å². The lowest BCUT2D eigenvalue weighted by atomic mass is 10.2. The fraction of sp³-hybridized carbons (Fsp3) is 1.00. The largest absolute Gasteiger partial charge is 0.395 e. The average Bonchev–Trinajstić information content (AvgIpc) is 2.47. The summed E-state index contributed by atoms with van der Waals surface area (Å²) >= 11 is 0. The lowest BCUT2D eigenvalue weighted by Crippen LogP contribution is -2.46. The summed E-state index contributed by atoms with van der Waals surface area (Å²) in [6.45, 7) is 3.04. The van der Waals surface area contributed by atoms with Crippen molar-refractivity contribution >= 4 is 0 Å². The molecule has 3 heteroatoms. The van der Waals surface area contributed by atoms with Crippen LogP contribution >= 0.6 is 0 Å². The van der Waals surface area contributed by atoms with E-state index in [4.69, 9.17) is 9.84 Å². The summed E-state index contributed by atoms with van der Waals surface area (Å²) < 4.78 is 5.35. The van der Waals surface area contributed by atoms with Crippen LogP contribution in [0.25, 0.3) is 0 Å². The monoisotopic (exact) mass is 157 g/mol. The molecule has 0 aromatic heterocycles. The van der Waals surface area contributed by atoms with Gasteiger partial charge in [-0.2, -0.15) is 0 Å². The molecule has 2 rings (SSSR count). The highest BCUT2D eigenvalue weighted by Gasteiger charge is 2.34. The lowest BCUT2D eigenvalue weighted by Gasteiger charge is -2.32. The van der Waals surface area contributed by atoms with Gasteiger partial charge in [0.25, 0.3) is 0 Å². The number of nitrogens with zero attached hydrogens (tertiary/aromatic N) is 1. The predicted octanol–water partition coefficient (Wildman–Crippen LogP) is -0.158. The second-order valence-corrected chi connectivity index (χ2v) is 3.38. The van der Waals surface area contributed by atoms with Crippen LogP contribution in [0.1, 0.15) is 12.8 Å². The Morgan fingerprint density at radius 1 is 1.45 bits per heavy atom. The summed E-state index contributed by atoms with van der Waals surface area (Å²) in [5, 5.41) is 9.02. The van der Waals surface area contributed by atoms with E-state index in [1.54, 1.807) is 0 Å². The number of ether oxygens (including phenoxy) is 1. The molecule has 2 fully saturated rings. The summed E-state index contributed by atoms with van der Waals surface area (Å²) in [6.07, 6.45) is 2.34. The van der Waals surface area contributed by atoms with Gasteiger partial charge in [0.15, 0.2) is 0 Å². The van der Waals surface area contributed by atoms with E-state index in [1.807, 2.05) is 0 Å². The third-order valence-corrected chi connectivity index (χ3v) is 2.79. The zero-order chi connectivity index (χ0) is 7.68. The van der Waals surface area contributed by atoms with Gasteiger partial charge < -0.3 is 9.84 Å². The van der Waals surface area contributed by atoms with E-state index >= 15 is 0 Å². The summed E-state index contributed by atoms with van der Waals surface area (Å²) in [7, 11) is 0. The van der Waals surface area contributed by atoms with Crippen molar-refractivity contribution in [2.24, 2.45) is 0 Å². The number of morpholine rings is 1. The Morgan fingerprint density at radius 2 is 2.36 bits per heavy atom. The zero-order valence-electron chi connectivity index (χ0n) is 6.70. The van der Waals surface area contributed by atoms with E-state index < -0.39 is 0 Å². The highest BCUT2D eigenvalue weighted by molar-refractivity contribution is 4.88. The summed E-state index contributed by atoms with van der Waals surface area (Å²) in [6, 6.07) is 1.02. The summed E-state index contributed by atoms with van der Waals surface area (Å²) in [4.78, 5) is 2.39. The van der Waals surface area contributed by atoms with Crippen LogP contribution in [0.5, 0.6) is 0 Å². The average molecular weight is 157 g/mol. The Hall–Kier alpha value is -0.120. The standard InChI is InChI=1S/C8H15NO2/c10-5-7-1-2-8-6-11-4-3-9(7)8/h7-8,10H,1-6H2/t7-,8-/m0/s1. The minimum atomic E-state index is 0.316. The quantitative estimate of drug-likeness (QED) is 0.574. The molecule has 0 bridgehead atoms. The molecular weight excluding hydrogens is 142 g/mol. The molecule has 1 N–H and O–H groups in total. The third-order valence-electron chi connectivity index (χ3n) is 2.79. The molecule has 2 aliphatic rings. The Kier molecular flexibility index (Phi) is 2.11. The maximum atomic E-state index is 9.02. The van der Waals surface area contributed by atoms with Gasteiger partial charge >= 0.3 is 0 Å². The first-order chi connectivity index (χ1) is 5.42. The van der Waals surface area contributed by atoms with E-state index in [0.717, 1.165) is 26.2 Å². The third kappa shape index (κ3) is 1.28. The number of aliphatic hydroxyl groups excluding tert-OH is 1. The van der Waals surface area contributed by atoms with Gasteiger partial charge in [0, 0.05) is 18.6 Å². The van der Waals surface area contributed by atoms with Gasteiger partial charge in [-0.25, -0.2) is 0 Å². The maximum absolute atomic E-state index is 9.02. The van der Waals surface area contributed by atoms with Crippen LogP contribution in [0.3, 0.4) is 0 Å². The van der Waals surface area contributed by atoms with Gasteiger partial charge in [-0.1, -0.05) is 0 Å². The van der Waals surface area contributed by atoms with Crippen LogP contribution in [0.15, 0.2) is 0 Å². The van der Waals surface area contributed by atoms with Crippen molar-refractivity contribution in [1.29, 1.82) is 0 Å². The van der Waals surface area contributed by atoms with E-state index in [9.17, 15) is 0 Å². The first kappa shape index (κ1) is 7.53. The second kappa shape index (κ2) is 3.09. The highest BCUT2D eigenvalue weighted by atomic mass is 16.5. The normalized spacial score (nSPS) is 39.0. The van der Waals surface area contributed by atoms with Gasteiger partial charge in [0.05, 0.1) is 19.8 Å². The van der Waals surface area contributed by atoms with Crippen molar-refractivity contribution in [3.05, 3.63) is 0 Å². The number of fused-ring (bicyclic) bond motifs is 1. The van der Waals surface area contributed by atoms with Crippen LogP contribution in [0, 0.1) is 0 Å². The molecule has 3 nitrogen and oxygen atoms in total. The van der Waals surface area contributed by atoms with E-state index in [2.05, 4.69) is 4.90 Å². The minimum absolute atomic E-state index is 0.316. The van der Waals surface area contributed by atoms with Crippen molar-refractivity contribution in [2.45, 2.75) is 24.9 Å². The SMILES string of the molecule is OC[C@@H]1CC[C@H]2COCCN12. The number of hydrogen-bond donors (Lipinski definition) is 1. The molecule has 0 aromatic rings. The van der Waals surface area contributed by atoms with Gasteiger partial charge in [-0.05, 0) is 12.8 Å². The molecule has 0 saturated carbocycles. The second-order valence-electron chi connectivity index (χ2n) is 3.38. The van der Waals surface area contributed by atoms with E-state index in [1.165, 1.54) is 6.42 Å². The molecule has 2 atom stereocenters. The molecule has 2 saturated heterocycles. The highest BCUT2D eigenvalue weighted by Crippen LogP contribution is 2.25. The van der Waals surface area contributed by atoms with Crippen molar-refractivity contribution < 1.29 is 9.84 Å². The molecule has 0 aromatic carbocycles. The molecule has 64 valence electrons. The van der Waals surface area contributed by atoms with E-state index in [0.29, 0.717) is 18.7 Å². The fourth-order valence-electron chi connectivity index (χ4n) is 2.14. The number of hydrogen-bond acceptors (Lipinski definition) is 3. The Morgan fingerprint density at radius 3 is 3.18 bits per heavy atom. The van der Waals surface area contributed by atoms with Crippen molar-refractivity contribution in [2.75, 3.05) is 26.4 Å². The first-order valence-corrected chi connectivity index (χ1v) is 4.36. The van der Waals surface area contributed by atoms with Crippen LogP contribution < -0.4 is 0 Å². The Bertz CT molecular complexity index is 134. The molecule has 0 aliphatic carbocycles. The van der Waals surface area contributed by atoms with Gasteiger partial charge in [-0.3, -0.25) is 4.90 Å². The lowest BCUT2D eigenvalue weighted by molar-refractivity contribution is -0.0114. The summed E-state index contributed by atoms with van der Waals surface area (Å²) in [5.41, 5.74) is 0. The van der Waals surface area contributed by atoms with Crippen LogP contribution in [-0.4, -0.2) is 48.5 Å². The minimum Gasteiger partial charge on any atom is -0.395 e. The van der Waals surface area contributed by atoms with Crippen molar-refractivity contribution in [3.8, 4) is 0 Å². The molecule has 2 aliphatic heterocycles. The molecule has 2 heterocycles. The molecule has 0 unspecified atom stereocenters. The number of aliphatic hydroxyl groups is 1. The first-order valence-electron chi connectivity index (χ1n) is 4.36.